The summed E-state index contributed by atoms with van der Waals surface area (Å²) in [5, 5.41) is 9.74. The van der Waals surface area contributed by atoms with E-state index in [1.807, 2.05) is 19.1 Å². The van der Waals surface area contributed by atoms with E-state index in [0.29, 0.717) is 6.10 Å². The van der Waals surface area contributed by atoms with E-state index in [0.717, 1.165) is 31.7 Å². The molecule has 1 heterocycles. The minimum atomic E-state index is -0.340. The zero-order valence-corrected chi connectivity index (χ0v) is 10.6. The third-order valence-electron chi connectivity index (χ3n) is 3.27. The second-order valence-corrected chi connectivity index (χ2v) is 4.64. The summed E-state index contributed by atoms with van der Waals surface area (Å²) in [6.45, 7) is 6.76. The average molecular weight is 235 g/mol. The Morgan fingerprint density at radius 2 is 2.12 bits per heavy atom. The van der Waals surface area contributed by atoms with Crippen molar-refractivity contribution in [1.82, 2.24) is 0 Å². The monoisotopic (exact) mass is 235 g/mol. The van der Waals surface area contributed by atoms with Crippen molar-refractivity contribution in [3.8, 4) is 0 Å². The Kier molecular flexibility index (Phi) is 4.02. The van der Waals surface area contributed by atoms with Gasteiger partial charge < -0.3 is 14.7 Å². The molecule has 1 aliphatic rings. The maximum Gasteiger partial charge on any atom is 0.0787 e. The lowest BCUT2D eigenvalue weighted by atomic mass is 10.1. The van der Waals surface area contributed by atoms with Gasteiger partial charge in [0.1, 0.15) is 0 Å². The van der Waals surface area contributed by atoms with Gasteiger partial charge in [0.05, 0.1) is 18.8 Å². The molecule has 94 valence electrons. The standard InChI is InChI=1S/C14H21NO2/c1-3-14(16)12-4-6-13(7-5-12)15-8-9-17-11(2)10-15/h4-7,11,14,16H,3,8-10H2,1-2H3. The van der Waals surface area contributed by atoms with Gasteiger partial charge in [-0.25, -0.2) is 0 Å². The highest BCUT2D eigenvalue weighted by molar-refractivity contribution is 5.48. The number of ether oxygens (including phenoxy) is 1. The number of anilines is 1. The minimum Gasteiger partial charge on any atom is -0.388 e. The van der Waals surface area contributed by atoms with Gasteiger partial charge in [0.15, 0.2) is 0 Å². The maximum absolute atomic E-state index is 9.74. The number of rotatable bonds is 3. The number of benzene rings is 1. The quantitative estimate of drug-likeness (QED) is 0.873. The Hall–Kier alpha value is -1.06. The van der Waals surface area contributed by atoms with Gasteiger partial charge in [-0.1, -0.05) is 19.1 Å². The van der Waals surface area contributed by atoms with Crippen LogP contribution < -0.4 is 4.90 Å². The van der Waals surface area contributed by atoms with Gasteiger partial charge >= 0.3 is 0 Å². The van der Waals surface area contributed by atoms with Crippen molar-refractivity contribution in [3.05, 3.63) is 29.8 Å². The molecule has 3 nitrogen and oxygen atoms in total. The number of hydrogen-bond acceptors (Lipinski definition) is 3. The number of aliphatic hydroxyl groups excluding tert-OH is 1. The number of hydrogen-bond donors (Lipinski definition) is 1. The highest BCUT2D eigenvalue weighted by Crippen LogP contribution is 2.22. The van der Waals surface area contributed by atoms with E-state index in [9.17, 15) is 5.11 Å². The van der Waals surface area contributed by atoms with Crippen molar-refractivity contribution < 1.29 is 9.84 Å². The smallest absolute Gasteiger partial charge is 0.0787 e. The van der Waals surface area contributed by atoms with E-state index >= 15 is 0 Å². The third-order valence-corrected chi connectivity index (χ3v) is 3.27. The molecule has 2 unspecified atom stereocenters. The van der Waals surface area contributed by atoms with Crippen molar-refractivity contribution in [3.63, 3.8) is 0 Å². The van der Waals surface area contributed by atoms with Crippen molar-refractivity contribution in [1.29, 1.82) is 0 Å². The Morgan fingerprint density at radius 3 is 2.71 bits per heavy atom. The van der Waals surface area contributed by atoms with E-state index in [1.165, 1.54) is 5.69 Å². The van der Waals surface area contributed by atoms with E-state index in [-0.39, 0.29) is 6.10 Å². The van der Waals surface area contributed by atoms with Crippen LogP contribution >= 0.6 is 0 Å². The normalized spacial score (nSPS) is 22.5. The molecule has 1 aliphatic heterocycles. The van der Waals surface area contributed by atoms with Crippen LogP contribution in [0.2, 0.25) is 0 Å². The summed E-state index contributed by atoms with van der Waals surface area (Å²) >= 11 is 0. The van der Waals surface area contributed by atoms with Crippen LogP contribution in [0.15, 0.2) is 24.3 Å². The first-order chi connectivity index (χ1) is 8.20. The lowest BCUT2D eigenvalue weighted by molar-refractivity contribution is 0.0532. The SMILES string of the molecule is CCC(O)c1ccc(N2CCOC(C)C2)cc1. The molecule has 0 radical (unpaired) electrons. The van der Waals surface area contributed by atoms with Gasteiger partial charge in [-0.3, -0.25) is 0 Å². The molecule has 1 aromatic carbocycles. The molecule has 2 atom stereocenters. The molecule has 1 N–H and O–H groups in total. The van der Waals surface area contributed by atoms with Crippen LogP contribution in [0.5, 0.6) is 0 Å². The van der Waals surface area contributed by atoms with Gasteiger partial charge in [-0.15, -0.1) is 0 Å². The second kappa shape index (κ2) is 5.52. The largest absolute Gasteiger partial charge is 0.388 e. The first-order valence-electron chi connectivity index (χ1n) is 6.35. The lowest BCUT2D eigenvalue weighted by Crippen LogP contribution is -2.41. The topological polar surface area (TPSA) is 32.7 Å². The van der Waals surface area contributed by atoms with Gasteiger partial charge in [0, 0.05) is 18.8 Å². The second-order valence-electron chi connectivity index (χ2n) is 4.64. The average Bonchev–Trinajstić information content (AvgIpc) is 2.38. The molecule has 3 heteroatoms. The third kappa shape index (κ3) is 2.99. The minimum absolute atomic E-state index is 0.296. The van der Waals surface area contributed by atoms with Crippen LogP contribution in [-0.4, -0.2) is 30.9 Å². The summed E-state index contributed by atoms with van der Waals surface area (Å²) in [4.78, 5) is 2.33. The summed E-state index contributed by atoms with van der Waals surface area (Å²) < 4.78 is 5.53. The van der Waals surface area contributed by atoms with Crippen LogP contribution in [0, 0.1) is 0 Å². The van der Waals surface area contributed by atoms with E-state index in [4.69, 9.17) is 4.74 Å². The molecule has 1 saturated heterocycles. The molecule has 0 aliphatic carbocycles. The molecule has 1 fully saturated rings. The highest BCUT2D eigenvalue weighted by atomic mass is 16.5. The molecule has 17 heavy (non-hydrogen) atoms. The van der Waals surface area contributed by atoms with Crippen molar-refractivity contribution in [2.24, 2.45) is 0 Å². The Balaban J connectivity index is 2.06. The fraction of sp³-hybridized carbons (Fsp3) is 0.571. The molecule has 0 bridgehead atoms. The van der Waals surface area contributed by atoms with Crippen molar-refractivity contribution in [2.45, 2.75) is 32.5 Å². The lowest BCUT2D eigenvalue weighted by Gasteiger charge is -2.33. The summed E-state index contributed by atoms with van der Waals surface area (Å²) in [6, 6.07) is 8.21. The summed E-state index contributed by atoms with van der Waals surface area (Å²) in [7, 11) is 0. The fourth-order valence-electron chi connectivity index (χ4n) is 2.20. The van der Waals surface area contributed by atoms with Gasteiger partial charge in [0.25, 0.3) is 0 Å². The number of nitrogens with zero attached hydrogens (tertiary/aromatic N) is 1. The Bertz CT molecular complexity index is 350. The summed E-state index contributed by atoms with van der Waals surface area (Å²) in [6.07, 6.45) is 0.714. The molecule has 0 aromatic heterocycles. The van der Waals surface area contributed by atoms with Crippen molar-refractivity contribution >= 4 is 5.69 Å². The van der Waals surface area contributed by atoms with Crippen LogP contribution in [-0.2, 0) is 4.74 Å². The van der Waals surface area contributed by atoms with Gasteiger partial charge in [-0.2, -0.15) is 0 Å². The van der Waals surface area contributed by atoms with E-state index in [1.54, 1.807) is 0 Å². The molecule has 0 amide bonds. The van der Waals surface area contributed by atoms with Crippen LogP contribution in [0.25, 0.3) is 0 Å². The fourth-order valence-corrected chi connectivity index (χ4v) is 2.20. The maximum atomic E-state index is 9.74. The van der Waals surface area contributed by atoms with E-state index < -0.39 is 0 Å². The molecular formula is C14H21NO2. The first-order valence-corrected chi connectivity index (χ1v) is 6.35. The molecule has 2 rings (SSSR count). The highest BCUT2D eigenvalue weighted by Gasteiger charge is 2.17. The molecule has 0 saturated carbocycles. The van der Waals surface area contributed by atoms with Crippen LogP contribution in [0.1, 0.15) is 31.9 Å². The van der Waals surface area contributed by atoms with E-state index in [2.05, 4.69) is 24.0 Å². The van der Waals surface area contributed by atoms with Crippen LogP contribution in [0.4, 0.5) is 5.69 Å². The number of morpholine rings is 1. The van der Waals surface area contributed by atoms with Crippen molar-refractivity contribution in [2.75, 3.05) is 24.6 Å². The summed E-state index contributed by atoms with van der Waals surface area (Å²) in [5.74, 6) is 0. The predicted octanol–water partition coefficient (Wildman–Crippen LogP) is 2.36. The zero-order valence-electron chi connectivity index (χ0n) is 10.6. The van der Waals surface area contributed by atoms with Gasteiger partial charge in [0.2, 0.25) is 0 Å². The molecule has 1 aromatic rings. The summed E-state index contributed by atoms with van der Waals surface area (Å²) in [5.41, 5.74) is 2.21. The van der Waals surface area contributed by atoms with Crippen LogP contribution in [0.3, 0.4) is 0 Å². The Labute approximate surface area is 103 Å². The first kappa shape index (κ1) is 12.4. The number of aliphatic hydroxyl groups is 1. The zero-order chi connectivity index (χ0) is 12.3. The molecule has 0 spiro atoms. The molecular weight excluding hydrogens is 214 g/mol. The Morgan fingerprint density at radius 1 is 1.41 bits per heavy atom. The predicted molar refractivity (Wildman–Crippen MR) is 69.3 cm³/mol. The van der Waals surface area contributed by atoms with Gasteiger partial charge in [-0.05, 0) is 31.0 Å².